The van der Waals surface area contributed by atoms with Gasteiger partial charge in [-0.2, -0.15) is 0 Å². The van der Waals surface area contributed by atoms with Gasteiger partial charge in [-0.1, -0.05) is 6.92 Å². The van der Waals surface area contributed by atoms with Crippen molar-refractivity contribution in [2.24, 2.45) is 11.8 Å². The molecule has 0 bridgehead atoms. The lowest BCUT2D eigenvalue weighted by Gasteiger charge is -2.31. The van der Waals surface area contributed by atoms with E-state index in [1.54, 1.807) is 0 Å². The van der Waals surface area contributed by atoms with Crippen LogP contribution in [0.2, 0.25) is 0 Å². The van der Waals surface area contributed by atoms with Crippen LogP contribution in [-0.2, 0) is 4.79 Å². The van der Waals surface area contributed by atoms with Crippen molar-refractivity contribution in [2.45, 2.75) is 45.6 Å². The van der Waals surface area contributed by atoms with E-state index in [0.29, 0.717) is 6.04 Å². The van der Waals surface area contributed by atoms with E-state index in [1.165, 1.54) is 25.9 Å². The number of amides is 1. The molecular weight excluding hydrogens is 274 g/mol. The molecule has 3 atom stereocenters. The minimum absolute atomic E-state index is 0. The number of halogens is 1. The third kappa shape index (κ3) is 5.58. The van der Waals surface area contributed by atoms with Crippen LogP contribution < -0.4 is 10.6 Å². The van der Waals surface area contributed by atoms with E-state index in [0.717, 1.165) is 38.4 Å². The summed E-state index contributed by atoms with van der Waals surface area (Å²) in [5, 5.41) is 6.52. The van der Waals surface area contributed by atoms with Crippen molar-refractivity contribution in [3.63, 3.8) is 0 Å². The number of nitrogens with zero attached hydrogens (tertiary/aromatic N) is 1. The fourth-order valence-electron chi connectivity index (χ4n) is 3.34. The molecule has 2 rings (SSSR count). The third-order valence-corrected chi connectivity index (χ3v) is 4.46. The van der Waals surface area contributed by atoms with E-state index < -0.39 is 0 Å². The predicted molar refractivity (Wildman–Crippen MR) is 85.3 cm³/mol. The summed E-state index contributed by atoms with van der Waals surface area (Å²) >= 11 is 0. The molecule has 2 saturated heterocycles. The van der Waals surface area contributed by atoms with Gasteiger partial charge in [0.2, 0.25) is 5.91 Å². The summed E-state index contributed by atoms with van der Waals surface area (Å²) in [6, 6.07) is 0.479. The Bertz CT molecular complexity index is 301. The second-order valence-corrected chi connectivity index (χ2v) is 6.42. The quantitative estimate of drug-likeness (QED) is 0.830. The second kappa shape index (κ2) is 8.85. The molecule has 118 valence electrons. The van der Waals surface area contributed by atoms with Crippen molar-refractivity contribution in [2.75, 3.05) is 32.7 Å². The largest absolute Gasteiger partial charge is 0.355 e. The molecule has 0 aromatic rings. The topological polar surface area (TPSA) is 44.4 Å². The summed E-state index contributed by atoms with van der Waals surface area (Å²) < 4.78 is 0. The fourth-order valence-corrected chi connectivity index (χ4v) is 3.34. The molecule has 2 aliphatic rings. The third-order valence-electron chi connectivity index (χ3n) is 4.46. The first-order valence-corrected chi connectivity index (χ1v) is 7.88. The van der Waals surface area contributed by atoms with Gasteiger partial charge >= 0.3 is 0 Å². The zero-order chi connectivity index (χ0) is 13.7. The summed E-state index contributed by atoms with van der Waals surface area (Å²) in [5.41, 5.74) is 0. The molecule has 1 unspecified atom stereocenters. The van der Waals surface area contributed by atoms with Gasteiger partial charge in [-0.05, 0) is 51.6 Å². The molecule has 5 heteroatoms. The molecule has 0 aromatic heterocycles. The Balaban J connectivity index is 0.00000200. The highest BCUT2D eigenvalue weighted by molar-refractivity contribution is 5.85. The summed E-state index contributed by atoms with van der Waals surface area (Å²) in [6.07, 6.45) is 4.63. The van der Waals surface area contributed by atoms with Crippen molar-refractivity contribution < 1.29 is 4.79 Å². The SMILES string of the molecule is CC1CCCN(CCNC(=O)[C@H]2CCN[C@@H](C)C2)C1.Cl. The lowest BCUT2D eigenvalue weighted by Crippen LogP contribution is -2.45. The van der Waals surface area contributed by atoms with Gasteiger partial charge in [0.05, 0.1) is 0 Å². The Morgan fingerprint density at radius 3 is 2.85 bits per heavy atom. The number of nitrogens with one attached hydrogen (secondary N) is 2. The number of likely N-dealkylation sites (tertiary alicyclic amines) is 1. The molecule has 0 spiro atoms. The zero-order valence-electron chi connectivity index (χ0n) is 12.9. The van der Waals surface area contributed by atoms with Crippen LogP contribution in [0.1, 0.15) is 39.5 Å². The van der Waals surface area contributed by atoms with Crippen LogP contribution in [0.4, 0.5) is 0 Å². The standard InChI is InChI=1S/C15H29N3O.ClH/c1-12-4-3-8-18(11-12)9-7-17-15(19)14-5-6-16-13(2)10-14;/h12-14,16H,3-11H2,1-2H3,(H,17,19);1H/t12?,13-,14-;/m0./s1. The molecule has 0 saturated carbocycles. The first kappa shape index (κ1) is 17.7. The zero-order valence-corrected chi connectivity index (χ0v) is 13.7. The molecule has 0 aromatic carbocycles. The minimum Gasteiger partial charge on any atom is -0.355 e. The van der Waals surface area contributed by atoms with Gasteiger partial charge in [0, 0.05) is 31.6 Å². The molecule has 4 nitrogen and oxygen atoms in total. The Hall–Kier alpha value is -0.320. The number of carbonyl (C=O) groups is 1. The molecule has 2 N–H and O–H groups in total. The minimum atomic E-state index is 0. The monoisotopic (exact) mass is 303 g/mol. The molecule has 2 fully saturated rings. The molecule has 2 aliphatic heterocycles. The first-order chi connectivity index (χ1) is 9.15. The van der Waals surface area contributed by atoms with Gasteiger partial charge in [-0.25, -0.2) is 0 Å². The molecule has 1 amide bonds. The van der Waals surface area contributed by atoms with Crippen molar-refractivity contribution in [3.8, 4) is 0 Å². The lowest BCUT2D eigenvalue weighted by molar-refractivity contribution is -0.126. The highest BCUT2D eigenvalue weighted by Gasteiger charge is 2.24. The number of hydrogen-bond donors (Lipinski definition) is 2. The number of piperidine rings is 2. The Morgan fingerprint density at radius 2 is 2.15 bits per heavy atom. The van der Waals surface area contributed by atoms with E-state index in [-0.39, 0.29) is 24.2 Å². The molecular formula is C15H30ClN3O. The number of hydrogen-bond acceptors (Lipinski definition) is 3. The van der Waals surface area contributed by atoms with Gasteiger partial charge in [-0.15, -0.1) is 12.4 Å². The van der Waals surface area contributed by atoms with Crippen molar-refractivity contribution in [1.29, 1.82) is 0 Å². The Morgan fingerprint density at radius 1 is 1.35 bits per heavy atom. The van der Waals surface area contributed by atoms with Gasteiger partial charge in [-0.3, -0.25) is 4.79 Å². The summed E-state index contributed by atoms with van der Waals surface area (Å²) in [7, 11) is 0. The van der Waals surface area contributed by atoms with Crippen LogP contribution in [-0.4, -0.2) is 49.6 Å². The van der Waals surface area contributed by atoms with Crippen LogP contribution in [0.25, 0.3) is 0 Å². The van der Waals surface area contributed by atoms with Crippen molar-refractivity contribution >= 4 is 18.3 Å². The lowest BCUT2D eigenvalue weighted by atomic mass is 9.92. The van der Waals surface area contributed by atoms with Crippen molar-refractivity contribution in [3.05, 3.63) is 0 Å². The number of carbonyl (C=O) groups excluding carboxylic acids is 1. The maximum Gasteiger partial charge on any atom is 0.223 e. The summed E-state index contributed by atoms with van der Waals surface area (Å²) in [4.78, 5) is 14.6. The van der Waals surface area contributed by atoms with E-state index in [2.05, 4.69) is 29.4 Å². The van der Waals surface area contributed by atoms with E-state index in [4.69, 9.17) is 0 Å². The van der Waals surface area contributed by atoms with Gasteiger partial charge < -0.3 is 15.5 Å². The maximum atomic E-state index is 12.1. The van der Waals surface area contributed by atoms with E-state index in [1.807, 2.05) is 0 Å². The van der Waals surface area contributed by atoms with Crippen LogP contribution in [0.5, 0.6) is 0 Å². The highest BCUT2D eigenvalue weighted by Crippen LogP contribution is 2.16. The summed E-state index contributed by atoms with van der Waals surface area (Å²) in [6.45, 7) is 9.67. The normalized spacial score (nSPS) is 31.4. The summed E-state index contributed by atoms with van der Waals surface area (Å²) in [5.74, 6) is 1.30. The molecule has 0 radical (unpaired) electrons. The van der Waals surface area contributed by atoms with Crippen LogP contribution in [0.3, 0.4) is 0 Å². The average Bonchev–Trinajstić information content (AvgIpc) is 2.38. The van der Waals surface area contributed by atoms with Gasteiger partial charge in [0.1, 0.15) is 0 Å². The first-order valence-electron chi connectivity index (χ1n) is 7.88. The molecule has 0 aliphatic carbocycles. The maximum absolute atomic E-state index is 12.1. The van der Waals surface area contributed by atoms with E-state index >= 15 is 0 Å². The average molecular weight is 304 g/mol. The fraction of sp³-hybridized carbons (Fsp3) is 0.933. The number of rotatable bonds is 4. The second-order valence-electron chi connectivity index (χ2n) is 6.42. The van der Waals surface area contributed by atoms with E-state index in [9.17, 15) is 4.79 Å². The van der Waals surface area contributed by atoms with Gasteiger partial charge in [0.15, 0.2) is 0 Å². The predicted octanol–water partition coefficient (Wildman–Crippen LogP) is 1.64. The molecule has 2 heterocycles. The van der Waals surface area contributed by atoms with Crippen LogP contribution in [0, 0.1) is 11.8 Å². The van der Waals surface area contributed by atoms with Crippen LogP contribution >= 0.6 is 12.4 Å². The van der Waals surface area contributed by atoms with Crippen molar-refractivity contribution in [1.82, 2.24) is 15.5 Å². The van der Waals surface area contributed by atoms with Crippen LogP contribution in [0.15, 0.2) is 0 Å². The smallest absolute Gasteiger partial charge is 0.223 e. The molecule has 20 heavy (non-hydrogen) atoms. The van der Waals surface area contributed by atoms with Gasteiger partial charge in [0.25, 0.3) is 0 Å². The highest BCUT2D eigenvalue weighted by atomic mass is 35.5. The Labute approximate surface area is 129 Å². The Kier molecular flexibility index (Phi) is 7.85.